The molecule has 4 rings (SSSR count). The van der Waals surface area contributed by atoms with Crippen molar-refractivity contribution in [3.63, 3.8) is 0 Å². The molecule has 2 aromatic rings. The molecule has 2 aromatic carbocycles. The molecule has 0 aromatic heterocycles. The Hall–Kier alpha value is -2.73. The van der Waals surface area contributed by atoms with Crippen LogP contribution in [0, 0.1) is 5.92 Å². The summed E-state index contributed by atoms with van der Waals surface area (Å²) in [5.41, 5.74) is 2.91. The van der Waals surface area contributed by atoms with Crippen LogP contribution >= 0.6 is 11.6 Å². The largest absolute Gasteiger partial charge is 0.484 e. The standard InChI is InChI=1S/C28H36ClN3O3/c1-20(2)28(34)32-16-14-31(15-17-32)26-13-10-23(18-25(26)29)30-27(33)19-35-24-11-8-22(9-12-24)21-6-4-3-5-7-21/h8-13,18,20-21H,3-7,14-17,19H2,1-2H3,(H,30,33). The molecule has 1 saturated heterocycles. The van der Waals surface area contributed by atoms with Crippen LogP contribution in [0.15, 0.2) is 42.5 Å². The number of carbonyl (C=O) groups excluding carboxylic acids is 2. The van der Waals surface area contributed by atoms with E-state index in [1.807, 2.05) is 43.0 Å². The molecule has 0 atom stereocenters. The van der Waals surface area contributed by atoms with Gasteiger partial charge in [-0.1, -0.05) is 56.8 Å². The van der Waals surface area contributed by atoms with Crippen LogP contribution in [0.4, 0.5) is 11.4 Å². The zero-order chi connectivity index (χ0) is 24.8. The minimum Gasteiger partial charge on any atom is -0.484 e. The first-order valence-corrected chi connectivity index (χ1v) is 13.1. The van der Waals surface area contributed by atoms with Gasteiger partial charge in [0, 0.05) is 37.8 Å². The van der Waals surface area contributed by atoms with Gasteiger partial charge in [0.1, 0.15) is 5.75 Å². The second kappa shape index (κ2) is 11.8. The fraction of sp³-hybridized carbons (Fsp3) is 0.500. The number of nitrogens with one attached hydrogen (secondary N) is 1. The molecule has 2 fully saturated rings. The maximum Gasteiger partial charge on any atom is 0.262 e. The molecule has 0 unspecified atom stereocenters. The molecular formula is C28H36ClN3O3. The van der Waals surface area contributed by atoms with Gasteiger partial charge in [0.2, 0.25) is 5.91 Å². The number of carbonyl (C=O) groups is 2. The highest BCUT2D eigenvalue weighted by atomic mass is 35.5. The third-order valence-electron chi connectivity index (χ3n) is 6.98. The number of hydrogen-bond acceptors (Lipinski definition) is 4. The molecule has 1 aliphatic carbocycles. The van der Waals surface area contributed by atoms with E-state index in [2.05, 4.69) is 22.3 Å². The summed E-state index contributed by atoms with van der Waals surface area (Å²) >= 11 is 6.54. The Morgan fingerprint density at radius 3 is 2.31 bits per heavy atom. The van der Waals surface area contributed by atoms with E-state index in [-0.39, 0.29) is 24.3 Å². The lowest BCUT2D eigenvalue weighted by atomic mass is 9.84. The lowest BCUT2D eigenvalue weighted by Crippen LogP contribution is -2.50. The average molecular weight is 498 g/mol. The van der Waals surface area contributed by atoms with Crippen LogP contribution in [0.3, 0.4) is 0 Å². The maximum atomic E-state index is 12.4. The van der Waals surface area contributed by atoms with Gasteiger partial charge in [-0.25, -0.2) is 0 Å². The summed E-state index contributed by atoms with van der Waals surface area (Å²) in [7, 11) is 0. The fourth-order valence-electron chi connectivity index (χ4n) is 4.99. The Labute approximate surface area is 213 Å². The van der Waals surface area contributed by atoms with Gasteiger partial charge in [-0.3, -0.25) is 9.59 Å². The van der Waals surface area contributed by atoms with Crippen molar-refractivity contribution in [1.29, 1.82) is 0 Å². The summed E-state index contributed by atoms with van der Waals surface area (Å²) in [5.74, 6) is 1.32. The van der Waals surface area contributed by atoms with E-state index < -0.39 is 0 Å². The van der Waals surface area contributed by atoms with Crippen molar-refractivity contribution >= 4 is 34.8 Å². The van der Waals surface area contributed by atoms with Crippen molar-refractivity contribution in [3.8, 4) is 5.75 Å². The van der Waals surface area contributed by atoms with Gasteiger partial charge >= 0.3 is 0 Å². The van der Waals surface area contributed by atoms with Crippen LogP contribution in [0.2, 0.25) is 5.02 Å². The maximum absolute atomic E-state index is 12.4. The lowest BCUT2D eigenvalue weighted by Gasteiger charge is -2.37. The van der Waals surface area contributed by atoms with Crippen molar-refractivity contribution in [2.75, 3.05) is 43.0 Å². The first-order chi connectivity index (χ1) is 16.9. The summed E-state index contributed by atoms with van der Waals surface area (Å²) in [6.07, 6.45) is 6.49. The van der Waals surface area contributed by atoms with E-state index in [1.165, 1.54) is 37.7 Å². The molecule has 7 heteroatoms. The third-order valence-corrected chi connectivity index (χ3v) is 7.29. The number of piperazine rings is 1. The minimum atomic E-state index is -0.231. The van der Waals surface area contributed by atoms with Crippen molar-refractivity contribution in [1.82, 2.24) is 4.90 Å². The van der Waals surface area contributed by atoms with Crippen LogP contribution in [-0.4, -0.2) is 49.5 Å². The van der Waals surface area contributed by atoms with Crippen LogP contribution in [0.25, 0.3) is 0 Å². The van der Waals surface area contributed by atoms with Gasteiger partial charge < -0.3 is 19.9 Å². The predicted octanol–water partition coefficient (Wildman–Crippen LogP) is 5.71. The van der Waals surface area contributed by atoms with Gasteiger partial charge in [-0.2, -0.15) is 0 Å². The van der Waals surface area contributed by atoms with E-state index in [0.717, 1.165) is 18.8 Å². The molecule has 1 heterocycles. The van der Waals surface area contributed by atoms with Crippen molar-refractivity contribution in [3.05, 3.63) is 53.1 Å². The number of nitrogens with zero attached hydrogens (tertiary/aromatic N) is 2. The average Bonchev–Trinajstić information content (AvgIpc) is 2.88. The van der Waals surface area contributed by atoms with E-state index in [0.29, 0.717) is 35.5 Å². The first kappa shape index (κ1) is 25.4. The Kier molecular flexibility index (Phi) is 8.55. The first-order valence-electron chi connectivity index (χ1n) is 12.8. The highest BCUT2D eigenvalue weighted by molar-refractivity contribution is 6.33. The van der Waals surface area contributed by atoms with Gasteiger partial charge in [-0.05, 0) is 54.7 Å². The number of anilines is 2. The number of hydrogen-bond donors (Lipinski definition) is 1. The predicted molar refractivity (Wildman–Crippen MR) is 141 cm³/mol. The van der Waals surface area contributed by atoms with E-state index in [4.69, 9.17) is 16.3 Å². The molecular weight excluding hydrogens is 462 g/mol. The quantitative estimate of drug-likeness (QED) is 0.532. The number of rotatable bonds is 7. The minimum absolute atomic E-state index is 0.0120. The fourth-order valence-corrected chi connectivity index (χ4v) is 5.29. The molecule has 1 saturated carbocycles. The molecule has 35 heavy (non-hydrogen) atoms. The molecule has 0 bridgehead atoms. The highest BCUT2D eigenvalue weighted by Crippen LogP contribution is 2.33. The second-order valence-corrected chi connectivity index (χ2v) is 10.3. The Morgan fingerprint density at radius 2 is 1.69 bits per heavy atom. The molecule has 0 radical (unpaired) electrons. The molecule has 0 spiro atoms. The summed E-state index contributed by atoms with van der Waals surface area (Å²) in [4.78, 5) is 28.7. The Balaban J connectivity index is 1.25. The Morgan fingerprint density at radius 1 is 1.00 bits per heavy atom. The summed E-state index contributed by atoms with van der Waals surface area (Å²) < 4.78 is 5.69. The second-order valence-electron chi connectivity index (χ2n) is 9.87. The number of amides is 2. The molecule has 1 N–H and O–H groups in total. The van der Waals surface area contributed by atoms with E-state index >= 15 is 0 Å². The third kappa shape index (κ3) is 6.69. The molecule has 1 aliphatic heterocycles. The summed E-state index contributed by atoms with van der Waals surface area (Å²) in [6, 6.07) is 13.7. The normalized spacial score (nSPS) is 16.9. The van der Waals surface area contributed by atoms with Crippen LogP contribution in [-0.2, 0) is 9.59 Å². The monoisotopic (exact) mass is 497 g/mol. The number of halogens is 1. The summed E-state index contributed by atoms with van der Waals surface area (Å²) in [5, 5.41) is 3.44. The lowest BCUT2D eigenvalue weighted by molar-refractivity contribution is -0.134. The van der Waals surface area contributed by atoms with Crippen molar-refractivity contribution in [2.24, 2.45) is 5.92 Å². The molecule has 2 amide bonds. The van der Waals surface area contributed by atoms with Crippen LogP contribution in [0.1, 0.15) is 57.4 Å². The zero-order valence-electron chi connectivity index (χ0n) is 20.8. The van der Waals surface area contributed by atoms with E-state index in [9.17, 15) is 9.59 Å². The molecule has 2 aliphatic rings. The zero-order valence-corrected chi connectivity index (χ0v) is 21.5. The summed E-state index contributed by atoms with van der Waals surface area (Å²) in [6.45, 7) is 6.63. The van der Waals surface area contributed by atoms with Gasteiger partial charge in [0.25, 0.3) is 5.91 Å². The van der Waals surface area contributed by atoms with Gasteiger partial charge in [-0.15, -0.1) is 0 Å². The topological polar surface area (TPSA) is 61.9 Å². The number of ether oxygens (including phenoxy) is 1. The van der Waals surface area contributed by atoms with E-state index in [1.54, 1.807) is 6.07 Å². The van der Waals surface area contributed by atoms with Gasteiger partial charge in [0.05, 0.1) is 10.7 Å². The number of benzene rings is 2. The van der Waals surface area contributed by atoms with Crippen molar-refractivity contribution < 1.29 is 14.3 Å². The molecule has 6 nitrogen and oxygen atoms in total. The van der Waals surface area contributed by atoms with Crippen LogP contribution < -0.4 is 15.0 Å². The smallest absolute Gasteiger partial charge is 0.262 e. The van der Waals surface area contributed by atoms with Crippen LogP contribution in [0.5, 0.6) is 5.75 Å². The SMILES string of the molecule is CC(C)C(=O)N1CCN(c2ccc(NC(=O)COc3ccc(C4CCCCC4)cc3)cc2Cl)CC1. The molecule has 188 valence electrons. The highest BCUT2D eigenvalue weighted by Gasteiger charge is 2.24. The van der Waals surface area contributed by atoms with Crippen molar-refractivity contribution in [2.45, 2.75) is 51.9 Å². The Bertz CT molecular complexity index is 1010. The van der Waals surface area contributed by atoms with Gasteiger partial charge in [0.15, 0.2) is 6.61 Å².